The second-order valence-corrected chi connectivity index (χ2v) is 8.78. The van der Waals surface area contributed by atoms with E-state index in [0.29, 0.717) is 52.7 Å². The Kier molecular flexibility index (Phi) is 4.15. The van der Waals surface area contributed by atoms with Crippen LogP contribution in [0, 0.1) is 17.0 Å². The molecular weight excluding hydrogens is 430 g/mol. The van der Waals surface area contributed by atoms with E-state index >= 15 is 4.39 Å². The molecule has 6 N–H and O–H groups in total. The van der Waals surface area contributed by atoms with Crippen LogP contribution >= 0.6 is 0 Å². The molecule has 4 aromatic rings. The van der Waals surface area contributed by atoms with Gasteiger partial charge >= 0.3 is 6.01 Å². The van der Waals surface area contributed by atoms with Crippen molar-refractivity contribution in [2.24, 2.45) is 11.1 Å². The number of nitrogen functional groups attached to an aromatic ring is 1. The van der Waals surface area contributed by atoms with Gasteiger partial charge in [-0.05, 0) is 25.0 Å². The molecule has 1 aliphatic heterocycles. The van der Waals surface area contributed by atoms with Crippen LogP contribution in [0.2, 0.25) is 0 Å². The van der Waals surface area contributed by atoms with Crippen molar-refractivity contribution in [1.29, 1.82) is 0 Å². The van der Waals surface area contributed by atoms with Crippen LogP contribution in [0.25, 0.3) is 21.9 Å². The van der Waals surface area contributed by atoms with Crippen molar-refractivity contribution in [2.75, 3.05) is 36.1 Å². The van der Waals surface area contributed by atoms with E-state index in [-0.39, 0.29) is 22.9 Å². The van der Waals surface area contributed by atoms with Gasteiger partial charge in [-0.1, -0.05) is 0 Å². The molecule has 0 unspecified atom stereocenters. The van der Waals surface area contributed by atoms with Crippen LogP contribution < -0.4 is 26.4 Å². The first-order chi connectivity index (χ1) is 15.9. The van der Waals surface area contributed by atoms with E-state index < -0.39 is 11.6 Å². The summed E-state index contributed by atoms with van der Waals surface area (Å²) in [4.78, 5) is 18.2. The second kappa shape index (κ2) is 6.88. The van der Waals surface area contributed by atoms with Gasteiger partial charge in [0.2, 0.25) is 0 Å². The van der Waals surface area contributed by atoms with Gasteiger partial charge in [-0.3, -0.25) is 0 Å². The van der Waals surface area contributed by atoms with Gasteiger partial charge in [-0.25, -0.2) is 13.8 Å². The number of pyridine rings is 1. The van der Waals surface area contributed by atoms with Crippen molar-refractivity contribution in [3.05, 3.63) is 36.0 Å². The zero-order chi connectivity index (χ0) is 22.9. The lowest BCUT2D eigenvalue weighted by Crippen LogP contribution is -2.69. The highest BCUT2D eigenvalue weighted by atomic mass is 19.2. The molecule has 2 fully saturated rings. The molecule has 11 heteroatoms. The van der Waals surface area contributed by atoms with Crippen LogP contribution in [0.1, 0.15) is 12.8 Å². The van der Waals surface area contributed by atoms with Crippen LogP contribution in [0.3, 0.4) is 0 Å². The number of anilines is 3. The minimum absolute atomic E-state index is 0.0468. The van der Waals surface area contributed by atoms with Crippen molar-refractivity contribution in [3.8, 4) is 11.8 Å². The summed E-state index contributed by atoms with van der Waals surface area (Å²) < 4.78 is 35.3. The standard InChI is InChI=1S/C22H22F2N8O/c1-27-12-6-11(23)17(24)15-16-19(29-18(12)15)30-21(33-10-2-3-14(26)28-7-10)31-20(16)32-8-22(9-32)5-4-13(22)25/h2-3,6-7,13,27H,4-5,8-9,25H2,1H3,(H2,26,28)(H,29,30,31)/t13-/m0/s1. The van der Waals surface area contributed by atoms with Crippen LogP contribution in [0.5, 0.6) is 11.8 Å². The van der Waals surface area contributed by atoms with Gasteiger partial charge in [-0.2, -0.15) is 9.97 Å². The van der Waals surface area contributed by atoms with E-state index in [0.717, 1.165) is 18.9 Å². The molecule has 1 saturated carbocycles. The number of hydrogen-bond donors (Lipinski definition) is 4. The number of nitrogens with one attached hydrogen (secondary N) is 2. The highest BCUT2D eigenvalue weighted by Gasteiger charge is 2.54. The molecule has 33 heavy (non-hydrogen) atoms. The Morgan fingerprint density at radius 1 is 1.24 bits per heavy atom. The molecule has 2 aliphatic rings. The Hall–Kier alpha value is -3.73. The summed E-state index contributed by atoms with van der Waals surface area (Å²) in [5.74, 6) is -0.671. The number of halogens is 2. The number of fused-ring (bicyclic) bond motifs is 3. The zero-order valence-electron chi connectivity index (χ0n) is 17.8. The third-order valence-electron chi connectivity index (χ3n) is 6.87. The first kappa shape index (κ1) is 19.9. The summed E-state index contributed by atoms with van der Waals surface area (Å²) in [5.41, 5.74) is 13.1. The molecule has 3 aromatic heterocycles. The van der Waals surface area contributed by atoms with Crippen LogP contribution in [0.15, 0.2) is 24.4 Å². The van der Waals surface area contributed by atoms with Crippen molar-refractivity contribution in [1.82, 2.24) is 19.9 Å². The molecule has 1 saturated heterocycles. The topological polar surface area (TPSA) is 131 Å². The van der Waals surface area contributed by atoms with Crippen LogP contribution in [-0.4, -0.2) is 46.1 Å². The Morgan fingerprint density at radius 3 is 2.70 bits per heavy atom. The van der Waals surface area contributed by atoms with Gasteiger partial charge in [0.15, 0.2) is 11.6 Å². The number of ether oxygens (including phenoxy) is 1. The van der Waals surface area contributed by atoms with Gasteiger partial charge in [-0.15, -0.1) is 0 Å². The number of benzene rings is 1. The fourth-order valence-corrected chi connectivity index (χ4v) is 4.86. The number of aromatic amines is 1. The summed E-state index contributed by atoms with van der Waals surface area (Å²) in [6.07, 6.45) is 3.50. The highest BCUT2D eigenvalue weighted by Crippen LogP contribution is 2.50. The maximum Gasteiger partial charge on any atom is 0.326 e. The van der Waals surface area contributed by atoms with Crippen molar-refractivity contribution < 1.29 is 13.5 Å². The minimum atomic E-state index is -0.952. The van der Waals surface area contributed by atoms with Crippen LogP contribution in [-0.2, 0) is 0 Å². The lowest BCUT2D eigenvalue weighted by atomic mass is 9.60. The van der Waals surface area contributed by atoms with E-state index in [1.165, 1.54) is 6.20 Å². The highest BCUT2D eigenvalue weighted by molar-refractivity contribution is 6.15. The predicted molar refractivity (Wildman–Crippen MR) is 121 cm³/mol. The molecule has 1 atom stereocenters. The molecule has 1 aromatic carbocycles. The summed E-state index contributed by atoms with van der Waals surface area (Å²) in [6.45, 7) is 1.37. The number of aromatic nitrogens is 4. The van der Waals surface area contributed by atoms with Gasteiger partial charge in [0.05, 0.1) is 28.2 Å². The van der Waals surface area contributed by atoms with E-state index in [4.69, 9.17) is 16.2 Å². The third-order valence-corrected chi connectivity index (χ3v) is 6.87. The normalized spacial score (nSPS) is 19.0. The Bertz CT molecular complexity index is 1400. The number of nitrogens with two attached hydrogens (primary N) is 2. The average Bonchev–Trinajstić information content (AvgIpc) is 3.15. The lowest BCUT2D eigenvalue weighted by Gasteiger charge is -2.60. The molecule has 0 amide bonds. The first-order valence-corrected chi connectivity index (χ1v) is 10.7. The average molecular weight is 452 g/mol. The monoisotopic (exact) mass is 452 g/mol. The molecular formula is C22H22F2N8O. The molecule has 1 spiro atoms. The minimum Gasteiger partial charge on any atom is -0.423 e. The molecule has 0 bridgehead atoms. The molecule has 9 nitrogen and oxygen atoms in total. The molecule has 4 heterocycles. The summed E-state index contributed by atoms with van der Waals surface area (Å²) in [5, 5.41) is 3.41. The van der Waals surface area contributed by atoms with E-state index in [2.05, 4.69) is 25.3 Å². The number of rotatable bonds is 4. The quantitative estimate of drug-likeness (QED) is 0.371. The fourth-order valence-electron chi connectivity index (χ4n) is 4.86. The van der Waals surface area contributed by atoms with Gasteiger partial charge in [0.1, 0.15) is 23.0 Å². The molecule has 6 rings (SSSR count). The largest absolute Gasteiger partial charge is 0.423 e. The predicted octanol–water partition coefficient (Wildman–Crippen LogP) is 3.13. The maximum absolute atomic E-state index is 15.1. The first-order valence-electron chi connectivity index (χ1n) is 10.7. The Balaban J connectivity index is 1.53. The number of H-pyrrole nitrogens is 1. The van der Waals surface area contributed by atoms with Gasteiger partial charge in [0.25, 0.3) is 0 Å². The van der Waals surface area contributed by atoms with Crippen molar-refractivity contribution in [3.63, 3.8) is 0 Å². The third kappa shape index (κ3) is 2.88. The summed E-state index contributed by atoms with van der Waals surface area (Å²) in [6, 6.07) is 4.56. The molecule has 170 valence electrons. The number of hydrogen-bond acceptors (Lipinski definition) is 8. The summed E-state index contributed by atoms with van der Waals surface area (Å²) >= 11 is 0. The van der Waals surface area contributed by atoms with E-state index in [1.807, 2.05) is 4.90 Å². The van der Waals surface area contributed by atoms with Crippen molar-refractivity contribution >= 4 is 39.3 Å². The van der Waals surface area contributed by atoms with Crippen LogP contribution in [0.4, 0.5) is 26.1 Å². The lowest BCUT2D eigenvalue weighted by molar-refractivity contribution is 0.0559. The molecule has 0 radical (unpaired) electrons. The Labute approximate surface area is 187 Å². The zero-order valence-corrected chi connectivity index (χ0v) is 17.8. The van der Waals surface area contributed by atoms with Gasteiger partial charge in [0, 0.05) is 37.7 Å². The second-order valence-electron chi connectivity index (χ2n) is 8.78. The Morgan fingerprint density at radius 2 is 2.06 bits per heavy atom. The number of nitrogens with zero attached hydrogens (tertiary/aromatic N) is 4. The summed E-state index contributed by atoms with van der Waals surface area (Å²) in [7, 11) is 1.64. The smallest absolute Gasteiger partial charge is 0.326 e. The van der Waals surface area contributed by atoms with E-state index in [1.54, 1.807) is 19.2 Å². The van der Waals surface area contributed by atoms with E-state index in [9.17, 15) is 4.39 Å². The maximum atomic E-state index is 15.1. The SMILES string of the molecule is CNc1cc(F)c(F)c2c1[nH]c1nc(Oc3ccc(N)nc3)nc(N3CC4(CC[C@@H]4N)C3)c12. The van der Waals surface area contributed by atoms with Crippen molar-refractivity contribution in [2.45, 2.75) is 18.9 Å². The van der Waals surface area contributed by atoms with Gasteiger partial charge < -0.3 is 31.4 Å². The fraction of sp³-hybridized carbons (Fsp3) is 0.318. The molecule has 1 aliphatic carbocycles.